The Bertz CT molecular complexity index is 563. The molecule has 0 aliphatic rings. The maximum Gasteiger partial charge on any atom is 0.222 e. The molecule has 114 valence electrons. The quantitative estimate of drug-likeness (QED) is 0.800. The van der Waals surface area contributed by atoms with Crippen molar-refractivity contribution in [3.05, 3.63) is 29.3 Å². The van der Waals surface area contributed by atoms with Crippen LogP contribution in [0.2, 0.25) is 0 Å². The van der Waals surface area contributed by atoms with Gasteiger partial charge in [0.25, 0.3) is 0 Å². The molecule has 1 amide bonds. The number of unbranched alkanes of at least 4 members (excludes halogenated alkanes) is 1. The molecule has 2 aromatic rings. The van der Waals surface area contributed by atoms with Crippen LogP contribution < -0.4 is 5.73 Å². The first kappa shape index (κ1) is 15.9. The second-order valence-electron chi connectivity index (χ2n) is 5.37. The van der Waals surface area contributed by atoms with E-state index in [2.05, 4.69) is 11.1 Å². The summed E-state index contributed by atoms with van der Waals surface area (Å²) in [7, 11) is 1.83. The van der Waals surface area contributed by atoms with Crippen LogP contribution in [0.3, 0.4) is 0 Å². The number of nitrogens with two attached hydrogens (primary N) is 1. The first-order chi connectivity index (χ1) is 10.1. The van der Waals surface area contributed by atoms with Gasteiger partial charge in [-0.25, -0.2) is 4.98 Å². The summed E-state index contributed by atoms with van der Waals surface area (Å²) in [5.74, 6) is 0.178. The molecule has 0 radical (unpaired) electrons. The van der Waals surface area contributed by atoms with E-state index in [9.17, 15) is 4.79 Å². The number of benzene rings is 1. The molecule has 2 rings (SSSR count). The van der Waals surface area contributed by atoms with Gasteiger partial charge < -0.3 is 10.6 Å². The van der Waals surface area contributed by atoms with Crippen LogP contribution in [0.4, 0.5) is 0 Å². The van der Waals surface area contributed by atoms with E-state index >= 15 is 0 Å². The molecular weight excluding hydrogens is 282 g/mol. The van der Waals surface area contributed by atoms with Crippen molar-refractivity contribution in [2.75, 3.05) is 13.6 Å². The summed E-state index contributed by atoms with van der Waals surface area (Å²) in [6, 6.07) is 8.31. The van der Waals surface area contributed by atoms with Gasteiger partial charge in [0.2, 0.25) is 5.91 Å². The Morgan fingerprint density at radius 3 is 2.86 bits per heavy atom. The Balaban J connectivity index is 1.75. The summed E-state index contributed by atoms with van der Waals surface area (Å²) in [6.45, 7) is 2.48. The Kier molecular flexibility index (Phi) is 5.70. The lowest BCUT2D eigenvalue weighted by molar-refractivity contribution is -0.131. The van der Waals surface area contributed by atoms with Crippen LogP contribution in [-0.2, 0) is 11.2 Å². The third kappa shape index (κ3) is 4.25. The number of carbonyl (C=O) groups excluding carboxylic acids is 1. The summed E-state index contributed by atoms with van der Waals surface area (Å²) in [5, 5.41) is 1.16. The third-order valence-corrected chi connectivity index (χ3v) is 4.86. The van der Waals surface area contributed by atoms with E-state index in [1.807, 2.05) is 32.2 Å². The lowest BCUT2D eigenvalue weighted by Gasteiger charge is -2.23. The maximum absolute atomic E-state index is 12.0. The van der Waals surface area contributed by atoms with Gasteiger partial charge in [0.05, 0.1) is 15.2 Å². The van der Waals surface area contributed by atoms with Crippen LogP contribution in [0.1, 0.15) is 31.2 Å². The Morgan fingerprint density at radius 2 is 2.14 bits per heavy atom. The van der Waals surface area contributed by atoms with Crippen LogP contribution in [0, 0.1) is 0 Å². The predicted octanol–water partition coefficient (Wildman–Crippen LogP) is 2.81. The lowest BCUT2D eigenvalue weighted by Crippen LogP contribution is -2.39. The van der Waals surface area contributed by atoms with E-state index in [0.717, 1.165) is 29.8 Å². The molecule has 5 heteroatoms. The monoisotopic (exact) mass is 305 g/mol. The number of carbonyl (C=O) groups is 1. The molecule has 0 saturated carbocycles. The van der Waals surface area contributed by atoms with Gasteiger partial charge in [0.1, 0.15) is 0 Å². The molecule has 1 atom stereocenters. The van der Waals surface area contributed by atoms with Crippen molar-refractivity contribution in [3.63, 3.8) is 0 Å². The van der Waals surface area contributed by atoms with E-state index in [4.69, 9.17) is 5.73 Å². The average molecular weight is 305 g/mol. The molecule has 4 nitrogen and oxygen atoms in total. The number of amides is 1. The standard InChI is InChI=1S/C16H23N3OS/c1-12(11-17)19(2)16(20)10-6-5-9-15-18-13-7-3-4-8-14(13)21-15/h3-4,7-8,12H,5-6,9-11,17H2,1-2H3. The average Bonchev–Trinajstić information content (AvgIpc) is 2.92. The zero-order valence-corrected chi connectivity index (χ0v) is 13.5. The largest absolute Gasteiger partial charge is 0.342 e. The minimum atomic E-state index is 0.113. The van der Waals surface area contributed by atoms with Crippen molar-refractivity contribution in [2.24, 2.45) is 5.73 Å². The van der Waals surface area contributed by atoms with Gasteiger partial charge >= 0.3 is 0 Å². The summed E-state index contributed by atoms with van der Waals surface area (Å²) in [5.41, 5.74) is 6.65. The van der Waals surface area contributed by atoms with Crippen LogP contribution >= 0.6 is 11.3 Å². The molecule has 0 aliphatic carbocycles. The maximum atomic E-state index is 12.0. The number of hydrogen-bond acceptors (Lipinski definition) is 4. The number of para-hydroxylation sites is 1. The van der Waals surface area contributed by atoms with Crippen molar-refractivity contribution in [1.82, 2.24) is 9.88 Å². The highest BCUT2D eigenvalue weighted by Crippen LogP contribution is 2.22. The van der Waals surface area contributed by atoms with Crippen LogP contribution in [0.5, 0.6) is 0 Å². The number of fused-ring (bicyclic) bond motifs is 1. The molecule has 1 aromatic carbocycles. The fraction of sp³-hybridized carbons (Fsp3) is 0.500. The van der Waals surface area contributed by atoms with Gasteiger partial charge in [0.15, 0.2) is 0 Å². The molecular formula is C16H23N3OS. The Labute approximate surface area is 130 Å². The minimum absolute atomic E-state index is 0.113. The SMILES string of the molecule is CC(CN)N(C)C(=O)CCCCc1nc2ccccc2s1. The Morgan fingerprint density at radius 1 is 1.38 bits per heavy atom. The van der Waals surface area contributed by atoms with Crippen molar-refractivity contribution in [2.45, 2.75) is 38.6 Å². The van der Waals surface area contributed by atoms with E-state index in [1.165, 1.54) is 4.70 Å². The number of nitrogens with zero attached hydrogens (tertiary/aromatic N) is 2. The molecule has 21 heavy (non-hydrogen) atoms. The third-order valence-electron chi connectivity index (χ3n) is 3.77. The van der Waals surface area contributed by atoms with Crippen molar-refractivity contribution in [3.8, 4) is 0 Å². The number of likely N-dealkylation sites (N-methyl/N-ethyl adjacent to an activating group) is 1. The number of rotatable bonds is 7. The van der Waals surface area contributed by atoms with E-state index in [-0.39, 0.29) is 11.9 Å². The number of thiazole rings is 1. The van der Waals surface area contributed by atoms with E-state index < -0.39 is 0 Å². The van der Waals surface area contributed by atoms with Crippen LogP contribution in [0.25, 0.3) is 10.2 Å². The summed E-state index contributed by atoms with van der Waals surface area (Å²) >= 11 is 1.75. The van der Waals surface area contributed by atoms with Crippen LogP contribution in [-0.4, -0.2) is 35.4 Å². The number of hydrogen-bond donors (Lipinski definition) is 1. The zero-order chi connectivity index (χ0) is 15.2. The highest BCUT2D eigenvalue weighted by Gasteiger charge is 2.13. The zero-order valence-electron chi connectivity index (χ0n) is 12.7. The second-order valence-corrected chi connectivity index (χ2v) is 6.49. The molecule has 0 saturated heterocycles. The molecule has 2 N–H and O–H groups in total. The van der Waals surface area contributed by atoms with Crippen molar-refractivity contribution >= 4 is 27.5 Å². The normalized spacial score (nSPS) is 12.5. The first-order valence-electron chi connectivity index (χ1n) is 7.42. The molecule has 0 spiro atoms. The highest BCUT2D eigenvalue weighted by molar-refractivity contribution is 7.18. The van der Waals surface area contributed by atoms with E-state index in [0.29, 0.717) is 13.0 Å². The summed E-state index contributed by atoms with van der Waals surface area (Å²) < 4.78 is 1.24. The van der Waals surface area contributed by atoms with Gasteiger partial charge in [-0.1, -0.05) is 12.1 Å². The fourth-order valence-electron chi connectivity index (χ4n) is 2.16. The molecule has 0 aliphatic heterocycles. The molecule has 1 unspecified atom stereocenters. The smallest absolute Gasteiger partial charge is 0.222 e. The molecule has 1 aromatic heterocycles. The minimum Gasteiger partial charge on any atom is -0.342 e. The number of aromatic nitrogens is 1. The summed E-state index contributed by atoms with van der Waals surface area (Å²) in [4.78, 5) is 18.3. The van der Waals surface area contributed by atoms with Gasteiger partial charge in [-0.15, -0.1) is 11.3 Å². The van der Waals surface area contributed by atoms with E-state index in [1.54, 1.807) is 16.2 Å². The summed E-state index contributed by atoms with van der Waals surface area (Å²) in [6.07, 6.45) is 3.43. The van der Waals surface area contributed by atoms with Crippen molar-refractivity contribution in [1.29, 1.82) is 0 Å². The van der Waals surface area contributed by atoms with Crippen LogP contribution in [0.15, 0.2) is 24.3 Å². The molecule has 0 bridgehead atoms. The second kappa shape index (κ2) is 7.52. The van der Waals surface area contributed by atoms with Gasteiger partial charge in [-0.3, -0.25) is 4.79 Å². The fourth-order valence-corrected chi connectivity index (χ4v) is 3.17. The topological polar surface area (TPSA) is 59.2 Å². The Hall–Kier alpha value is -1.46. The molecule has 1 heterocycles. The van der Waals surface area contributed by atoms with Gasteiger partial charge in [-0.2, -0.15) is 0 Å². The highest BCUT2D eigenvalue weighted by atomic mass is 32.1. The van der Waals surface area contributed by atoms with Gasteiger partial charge in [0, 0.05) is 26.1 Å². The van der Waals surface area contributed by atoms with Gasteiger partial charge in [-0.05, 0) is 38.3 Å². The lowest BCUT2D eigenvalue weighted by atomic mass is 10.1. The number of aryl methyl sites for hydroxylation is 1. The van der Waals surface area contributed by atoms with Crippen molar-refractivity contribution < 1.29 is 4.79 Å². The predicted molar refractivity (Wildman–Crippen MR) is 88.5 cm³/mol. The first-order valence-corrected chi connectivity index (χ1v) is 8.23. The molecule has 0 fully saturated rings.